The Morgan fingerprint density at radius 1 is 0.612 bits per heavy atom. The molecule has 2 atom stereocenters. The molecule has 7 heteroatoms. The molecule has 0 spiro atoms. The number of carbonyl (C=O) groups is 3. The summed E-state index contributed by atoms with van der Waals surface area (Å²) in [6.45, 7) is 4.81. The predicted octanol–water partition coefficient (Wildman–Crippen LogP) is 10.8. The fraction of sp³-hybridized carbons (Fsp3) is 0.738. The van der Waals surface area contributed by atoms with E-state index < -0.39 is 12.0 Å². The molecular formula is C42H74N2O5. The highest BCUT2D eigenvalue weighted by Gasteiger charge is 2.19. The summed E-state index contributed by atoms with van der Waals surface area (Å²) in [4.78, 5) is 36.2. The van der Waals surface area contributed by atoms with E-state index in [1.165, 1.54) is 57.8 Å². The van der Waals surface area contributed by atoms with Crippen molar-refractivity contribution >= 4 is 17.8 Å². The lowest BCUT2D eigenvalue weighted by Gasteiger charge is -2.18. The topological polar surface area (TPSA) is 119 Å². The van der Waals surface area contributed by atoms with E-state index in [0.717, 1.165) is 77.0 Å². The lowest BCUT2D eigenvalue weighted by molar-refractivity contribution is -0.149. The minimum Gasteiger partial charge on any atom is -0.480 e. The van der Waals surface area contributed by atoms with Gasteiger partial charge in [0.05, 0.1) is 0 Å². The molecular weight excluding hydrogens is 612 g/mol. The van der Waals surface area contributed by atoms with Crippen molar-refractivity contribution in [1.82, 2.24) is 5.32 Å². The number of ether oxygens (including phenoxy) is 1. The predicted molar refractivity (Wildman–Crippen MR) is 206 cm³/mol. The summed E-state index contributed by atoms with van der Waals surface area (Å²) >= 11 is 0. The summed E-state index contributed by atoms with van der Waals surface area (Å²) in [7, 11) is 0. The van der Waals surface area contributed by atoms with Crippen LogP contribution in [0.15, 0.2) is 48.6 Å². The van der Waals surface area contributed by atoms with Crippen molar-refractivity contribution in [2.24, 2.45) is 5.73 Å². The van der Waals surface area contributed by atoms with E-state index in [1.54, 1.807) is 0 Å². The molecule has 0 aliphatic carbocycles. The quantitative estimate of drug-likeness (QED) is 0.0347. The van der Waals surface area contributed by atoms with Crippen molar-refractivity contribution < 1.29 is 24.2 Å². The number of carbonyl (C=O) groups excluding carboxylic acids is 2. The second kappa shape index (κ2) is 36.6. The highest BCUT2D eigenvalue weighted by atomic mass is 16.5. The van der Waals surface area contributed by atoms with Crippen molar-refractivity contribution in [3.63, 3.8) is 0 Å². The average molecular weight is 687 g/mol. The molecule has 49 heavy (non-hydrogen) atoms. The Kier molecular flexibility index (Phi) is 34.6. The maximum absolute atomic E-state index is 12.7. The Morgan fingerprint density at radius 2 is 1.10 bits per heavy atom. The second-order valence-corrected chi connectivity index (χ2v) is 13.3. The number of amides is 1. The zero-order valence-corrected chi connectivity index (χ0v) is 31.5. The van der Waals surface area contributed by atoms with Gasteiger partial charge in [-0.1, -0.05) is 140 Å². The highest BCUT2D eigenvalue weighted by Crippen LogP contribution is 2.18. The minimum absolute atomic E-state index is 0.0220. The van der Waals surface area contributed by atoms with Gasteiger partial charge in [0.15, 0.2) is 0 Å². The normalized spacial score (nSPS) is 13.2. The number of allylic oxidation sites excluding steroid dienone is 8. The zero-order valence-electron chi connectivity index (χ0n) is 31.5. The number of hydrogen-bond acceptors (Lipinski definition) is 5. The molecule has 1 amide bonds. The Morgan fingerprint density at radius 3 is 1.61 bits per heavy atom. The molecule has 0 aromatic carbocycles. The van der Waals surface area contributed by atoms with E-state index >= 15 is 0 Å². The molecule has 0 aliphatic rings. The van der Waals surface area contributed by atoms with Crippen molar-refractivity contribution in [2.45, 2.75) is 193 Å². The van der Waals surface area contributed by atoms with Crippen molar-refractivity contribution in [1.29, 1.82) is 0 Å². The van der Waals surface area contributed by atoms with Crippen LogP contribution < -0.4 is 11.1 Å². The first-order chi connectivity index (χ1) is 23.9. The summed E-state index contributed by atoms with van der Waals surface area (Å²) in [5.74, 6) is -1.32. The Labute approximate surface area is 300 Å². The molecule has 282 valence electrons. The number of esters is 1. The number of unbranched alkanes of at least 4 members (excludes halogenated alkanes) is 13. The van der Waals surface area contributed by atoms with Crippen molar-refractivity contribution in [2.75, 3.05) is 6.54 Å². The first-order valence-electron chi connectivity index (χ1n) is 20.0. The maximum Gasteiger partial charge on any atom is 0.326 e. The molecule has 0 fully saturated rings. The third-order valence-electron chi connectivity index (χ3n) is 8.67. The molecule has 0 rings (SSSR count). The van der Waals surface area contributed by atoms with Gasteiger partial charge in [0.1, 0.15) is 12.1 Å². The van der Waals surface area contributed by atoms with Crippen molar-refractivity contribution in [3.05, 3.63) is 48.6 Å². The minimum atomic E-state index is -1.01. The monoisotopic (exact) mass is 687 g/mol. The number of aliphatic carboxylic acids is 1. The fourth-order valence-corrected chi connectivity index (χ4v) is 5.70. The lowest BCUT2D eigenvalue weighted by Crippen LogP contribution is -2.40. The van der Waals surface area contributed by atoms with E-state index in [4.69, 9.17) is 10.5 Å². The Hall–Kier alpha value is -2.67. The van der Waals surface area contributed by atoms with E-state index in [1.807, 2.05) is 0 Å². The van der Waals surface area contributed by atoms with Gasteiger partial charge >= 0.3 is 11.9 Å². The van der Waals surface area contributed by atoms with Gasteiger partial charge in [-0.15, -0.1) is 0 Å². The highest BCUT2D eigenvalue weighted by molar-refractivity contribution is 5.83. The molecule has 4 N–H and O–H groups in total. The van der Waals surface area contributed by atoms with Gasteiger partial charge in [-0.05, 0) is 83.6 Å². The van der Waals surface area contributed by atoms with E-state index in [-0.39, 0.29) is 18.0 Å². The van der Waals surface area contributed by atoms with Crippen LogP contribution in [0.5, 0.6) is 0 Å². The largest absolute Gasteiger partial charge is 0.480 e. The van der Waals surface area contributed by atoms with Gasteiger partial charge < -0.3 is 20.9 Å². The number of hydrogen-bond donors (Lipinski definition) is 3. The van der Waals surface area contributed by atoms with Crippen LogP contribution in [0.4, 0.5) is 0 Å². The summed E-state index contributed by atoms with van der Waals surface area (Å²) in [5.41, 5.74) is 5.47. The first kappa shape index (κ1) is 46.3. The van der Waals surface area contributed by atoms with Gasteiger partial charge in [-0.3, -0.25) is 9.59 Å². The SMILES string of the molecule is CC/C=C\C/C=C\C/C=C\C/C=C\CCC(=O)OC(CCCCCCCCCCCC)CCCCCCCC(=O)NC(CCCN)C(=O)O. The smallest absolute Gasteiger partial charge is 0.326 e. The van der Waals surface area contributed by atoms with Crippen LogP contribution in [-0.2, 0) is 19.1 Å². The summed E-state index contributed by atoms with van der Waals surface area (Å²) in [5, 5.41) is 11.9. The molecule has 0 aromatic rings. The molecule has 0 saturated heterocycles. The van der Waals surface area contributed by atoms with Crippen LogP contribution in [0, 0.1) is 0 Å². The average Bonchev–Trinajstić information content (AvgIpc) is 3.08. The van der Waals surface area contributed by atoms with Crippen molar-refractivity contribution in [3.8, 4) is 0 Å². The van der Waals surface area contributed by atoms with Gasteiger partial charge in [-0.2, -0.15) is 0 Å². The molecule has 7 nitrogen and oxygen atoms in total. The number of nitrogens with one attached hydrogen (secondary N) is 1. The summed E-state index contributed by atoms with van der Waals surface area (Å²) < 4.78 is 5.98. The van der Waals surface area contributed by atoms with E-state index in [9.17, 15) is 19.5 Å². The first-order valence-corrected chi connectivity index (χ1v) is 20.0. The third-order valence-corrected chi connectivity index (χ3v) is 8.67. The Balaban J connectivity index is 4.43. The van der Waals surface area contributed by atoms with Gasteiger partial charge in [0.2, 0.25) is 5.91 Å². The maximum atomic E-state index is 12.7. The third kappa shape index (κ3) is 33.6. The molecule has 0 bridgehead atoms. The number of carboxylic acid groups (broad SMARTS) is 1. The van der Waals surface area contributed by atoms with Crippen LogP contribution in [0.2, 0.25) is 0 Å². The number of rotatable bonds is 35. The van der Waals surface area contributed by atoms with E-state index in [2.05, 4.69) is 67.8 Å². The lowest BCUT2D eigenvalue weighted by atomic mass is 10.0. The summed E-state index contributed by atoms with van der Waals surface area (Å²) in [6, 6.07) is -0.861. The second-order valence-electron chi connectivity index (χ2n) is 13.3. The summed E-state index contributed by atoms with van der Waals surface area (Å²) in [6.07, 6.45) is 43.0. The van der Waals surface area contributed by atoms with Crippen LogP contribution in [0.25, 0.3) is 0 Å². The standard InChI is InChI=1S/C42H74N2O5/c1-3-5-7-9-11-13-15-16-17-19-21-26-30-36-41(46)49-38(32-27-23-20-18-14-12-10-8-6-4-2)33-28-24-22-25-29-35-40(45)44-39(42(47)48)34-31-37-43/h5,7,11,13,16-17,21,26,38-39H,3-4,6,8-10,12,14-15,18-20,22-25,27-37,43H2,1-2H3,(H,44,45)(H,47,48)/b7-5-,13-11-,17-16-,26-21-. The van der Waals surface area contributed by atoms with Crippen LogP contribution in [0.1, 0.15) is 181 Å². The molecule has 0 aliphatic heterocycles. The molecule has 0 radical (unpaired) electrons. The van der Waals surface area contributed by atoms with E-state index in [0.29, 0.717) is 38.6 Å². The molecule has 2 unspecified atom stereocenters. The van der Waals surface area contributed by atoms with Crippen LogP contribution >= 0.6 is 0 Å². The number of carboxylic acids is 1. The van der Waals surface area contributed by atoms with Gasteiger partial charge in [0, 0.05) is 12.8 Å². The number of nitrogens with two attached hydrogens (primary N) is 1. The van der Waals surface area contributed by atoms with Crippen LogP contribution in [-0.4, -0.2) is 41.6 Å². The van der Waals surface area contributed by atoms with Gasteiger partial charge in [-0.25, -0.2) is 4.79 Å². The molecule has 0 heterocycles. The molecule has 0 aromatic heterocycles. The fourth-order valence-electron chi connectivity index (χ4n) is 5.70. The molecule has 0 saturated carbocycles. The zero-order chi connectivity index (χ0) is 36.0. The van der Waals surface area contributed by atoms with Crippen LogP contribution in [0.3, 0.4) is 0 Å². The Bertz CT molecular complexity index is 911. The van der Waals surface area contributed by atoms with Gasteiger partial charge in [0.25, 0.3) is 0 Å².